The highest BCUT2D eigenvalue weighted by Crippen LogP contribution is 2.25. The second-order valence-corrected chi connectivity index (χ2v) is 5.05. The van der Waals surface area contributed by atoms with Crippen molar-refractivity contribution < 1.29 is 14.6 Å². The van der Waals surface area contributed by atoms with Gasteiger partial charge in [0.1, 0.15) is 0 Å². The van der Waals surface area contributed by atoms with E-state index in [1.807, 2.05) is 13.8 Å². The van der Waals surface area contributed by atoms with Crippen molar-refractivity contribution in [3.8, 4) is 0 Å². The van der Waals surface area contributed by atoms with Gasteiger partial charge in [-0.25, -0.2) is 4.79 Å². The van der Waals surface area contributed by atoms with Crippen molar-refractivity contribution >= 4 is 6.09 Å². The number of rotatable bonds is 4. The summed E-state index contributed by atoms with van der Waals surface area (Å²) in [4.78, 5) is 10.7. The van der Waals surface area contributed by atoms with Crippen LogP contribution in [0.4, 0.5) is 4.79 Å². The molecule has 1 heterocycles. The first-order valence-corrected chi connectivity index (χ1v) is 5.69. The second kappa shape index (κ2) is 5.50. The van der Waals surface area contributed by atoms with Gasteiger partial charge < -0.3 is 20.5 Å². The first kappa shape index (κ1) is 13.3. The lowest BCUT2D eigenvalue weighted by atomic mass is 9.83. The van der Waals surface area contributed by atoms with Gasteiger partial charge in [-0.05, 0) is 39.2 Å². The quantitative estimate of drug-likeness (QED) is 0.675. The first-order valence-electron chi connectivity index (χ1n) is 5.69. The predicted molar refractivity (Wildman–Crippen MR) is 61.6 cm³/mol. The molecule has 16 heavy (non-hydrogen) atoms. The minimum Gasteiger partial charge on any atom is -0.465 e. The molecule has 0 spiro atoms. The Morgan fingerprint density at radius 2 is 2.31 bits per heavy atom. The van der Waals surface area contributed by atoms with Crippen LogP contribution in [0.15, 0.2) is 0 Å². The lowest BCUT2D eigenvalue weighted by molar-refractivity contribution is 0.0208. The molecule has 0 radical (unpaired) electrons. The number of carbonyl (C=O) groups is 1. The number of hydrogen-bond acceptors (Lipinski definition) is 3. The van der Waals surface area contributed by atoms with Crippen LogP contribution in [-0.2, 0) is 4.74 Å². The lowest BCUT2D eigenvalue weighted by Gasteiger charge is -2.36. The fraction of sp³-hybridized carbons (Fsp3) is 0.909. The molecular formula is C11H22N2O3. The fourth-order valence-corrected chi connectivity index (χ4v) is 2.39. The van der Waals surface area contributed by atoms with E-state index in [2.05, 4.69) is 10.6 Å². The molecule has 0 bridgehead atoms. The van der Waals surface area contributed by atoms with Crippen LogP contribution in [0.3, 0.4) is 0 Å². The molecule has 1 aliphatic rings. The van der Waals surface area contributed by atoms with Crippen molar-refractivity contribution in [3.05, 3.63) is 0 Å². The molecule has 0 aromatic carbocycles. The third kappa shape index (κ3) is 3.98. The van der Waals surface area contributed by atoms with Gasteiger partial charge in [0.2, 0.25) is 0 Å². The number of carboxylic acid groups (broad SMARTS) is 1. The average molecular weight is 230 g/mol. The summed E-state index contributed by atoms with van der Waals surface area (Å²) in [6.45, 7) is 5.66. The molecule has 0 aromatic heterocycles. The minimum absolute atomic E-state index is 0.184. The largest absolute Gasteiger partial charge is 0.465 e. The van der Waals surface area contributed by atoms with Crippen LogP contribution in [-0.4, -0.2) is 43.0 Å². The zero-order valence-electron chi connectivity index (χ0n) is 10.2. The van der Waals surface area contributed by atoms with E-state index < -0.39 is 11.6 Å². The van der Waals surface area contributed by atoms with Crippen LogP contribution >= 0.6 is 0 Å². The van der Waals surface area contributed by atoms with Crippen molar-refractivity contribution in [2.75, 3.05) is 20.2 Å². The fourth-order valence-electron chi connectivity index (χ4n) is 2.39. The smallest absolute Gasteiger partial charge is 0.405 e. The molecule has 0 saturated carbocycles. The summed E-state index contributed by atoms with van der Waals surface area (Å²) in [5.74, 6) is 0.410. The second-order valence-electron chi connectivity index (χ2n) is 5.05. The molecule has 0 aromatic rings. The van der Waals surface area contributed by atoms with Crippen molar-refractivity contribution in [2.24, 2.45) is 5.92 Å². The molecule has 5 heteroatoms. The van der Waals surface area contributed by atoms with Crippen LogP contribution in [0.1, 0.15) is 26.7 Å². The summed E-state index contributed by atoms with van der Waals surface area (Å²) in [7, 11) is 1.71. The summed E-state index contributed by atoms with van der Waals surface area (Å²) in [5, 5.41) is 14.6. The molecule has 0 aliphatic carbocycles. The number of methoxy groups -OCH3 is 1. The number of piperidine rings is 1. The SMILES string of the molecule is CO[C@H]1CNCC[C@H]1CC(C)(C)NC(=O)O. The van der Waals surface area contributed by atoms with E-state index in [1.165, 1.54) is 0 Å². The van der Waals surface area contributed by atoms with Crippen molar-refractivity contribution in [1.29, 1.82) is 0 Å². The summed E-state index contributed by atoms with van der Waals surface area (Å²) in [6, 6.07) is 0. The maximum atomic E-state index is 10.7. The summed E-state index contributed by atoms with van der Waals surface area (Å²) in [5.41, 5.74) is -0.398. The van der Waals surface area contributed by atoms with Gasteiger partial charge in [0.05, 0.1) is 6.10 Å². The third-order valence-electron chi connectivity index (χ3n) is 3.08. The predicted octanol–water partition coefficient (Wildman–Crippen LogP) is 1.05. The molecular weight excluding hydrogens is 208 g/mol. The molecule has 0 unspecified atom stereocenters. The summed E-state index contributed by atoms with van der Waals surface area (Å²) >= 11 is 0. The standard InChI is InChI=1S/C11H22N2O3/c1-11(2,13-10(14)15)6-8-4-5-12-7-9(8)16-3/h8-9,12-13H,4-7H2,1-3H3,(H,14,15)/t8-,9-/m0/s1. The van der Waals surface area contributed by atoms with Crippen LogP contribution in [0.2, 0.25) is 0 Å². The van der Waals surface area contributed by atoms with E-state index in [4.69, 9.17) is 9.84 Å². The van der Waals surface area contributed by atoms with Gasteiger partial charge in [0.15, 0.2) is 0 Å². The van der Waals surface area contributed by atoms with Gasteiger partial charge in [-0.3, -0.25) is 0 Å². The zero-order valence-corrected chi connectivity index (χ0v) is 10.2. The highest BCUT2D eigenvalue weighted by Gasteiger charge is 2.31. The Balaban J connectivity index is 2.52. The topological polar surface area (TPSA) is 70.6 Å². The molecule has 3 N–H and O–H groups in total. The molecule has 2 atom stereocenters. The van der Waals surface area contributed by atoms with Gasteiger partial charge in [-0.15, -0.1) is 0 Å². The molecule has 1 saturated heterocycles. The summed E-state index contributed by atoms with van der Waals surface area (Å²) in [6.07, 6.45) is 1.06. The van der Waals surface area contributed by atoms with Gasteiger partial charge in [0, 0.05) is 19.2 Å². The Kier molecular flexibility index (Phi) is 4.56. The monoisotopic (exact) mass is 230 g/mol. The summed E-state index contributed by atoms with van der Waals surface area (Å²) < 4.78 is 5.42. The maximum absolute atomic E-state index is 10.7. The normalized spacial score (nSPS) is 26.4. The Hall–Kier alpha value is -0.810. The number of nitrogens with one attached hydrogen (secondary N) is 2. The van der Waals surface area contributed by atoms with E-state index in [-0.39, 0.29) is 6.10 Å². The molecule has 1 aliphatic heterocycles. The number of amides is 1. The molecule has 1 rings (SSSR count). The van der Waals surface area contributed by atoms with Gasteiger partial charge in [-0.1, -0.05) is 0 Å². The third-order valence-corrected chi connectivity index (χ3v) is 3.08. The Morgan fingerprint density at radius 3 is 2.88 bits per heavy atom. The minimum atomic E-state index is -0.965. The highest BCUT2D eigenvalue weighted by atomic mass is 16.5. The van der Waals surface area contributed by atoms with Crippen molar-refractivity contribution in [2.45, 2.75) is 38.3 Å². The molecule has 5 nitrogen and oxygen atoms in total. The van der Waals surface area contributed by atoms with Crippen LogP contribution in [0.25, 0.3) is 0 Å². The maximum Gasteiger partial charge on any atom is 0.405 e. The van der Waals surface area contributed by atoms with E-state index in [0.29, 0.717) is 5.92 Å². The van der Waals surface area contributed by atoms with Crippen molar-refractivity contribution in [1.82, 2.24) is 10.6 Å². The molecule has 94 valence electrons. The highest BCUT2D eigenvalue weighted by molar-refractivity contribution is 5.65. The average Bonchev–Trinajstić information content (AvgIpc) is 2.15. The van der Waals surface area contributed by atoms with E-state index in [9.17, 15) is 4.79 Å². The molecule has 1 fully saturated rings. The Labute approximate surface area is 96.6 Å². The van der Waals surface area contributed by atoms with E-state index in [0.717, 1.165) is 25.9 Å². The van der Waals surface area contributed by atoms with E-state index in [1.54, 1.807) is 7.11 Å². The number of ether oxygens (including phenoxy) is 1. The number of hydrogen-bond donors (Lipinski definition) is 3. The lowest BCUT2D eigenvalue weighted by Crippen LogP contribution is -2.49. The first-order chi connectivity index (χ1) is 7.44. The van der Waals surface area contributed by atoms with E-state index >= 15 is 0 Å². The van der Waals surface area contributed by atoms with Crippen LogP contribution in [0, 0.1) is 5.92 Å². The van der Waals surface area contributed by atoms with Crippen molar-refractivity contribution in [3.63, 3.8) is 0 Å². The zero-order chi connectivity index (χ0) is 12.2. The van der Waals surface area contributed by atoms with Crippen LogP contribution in [0.5, 0.6) is 0 Å². The van der Waals surface area contributed by atoms with Gasteiger partial charge >= 0.3 is 6.09 Å². The van der Waals surface area contributed by atoms with Gasteiger partial charge in [0.25, 0.3) is 0 Å². The van der Waals surface area contributed by atoms with Gasteiger partial charge in [-0.2, -0.15) is 0 Å². The molecule has 1 amide bonds. The Morgan fingerprint density at radius 1 is 1.62 bits per heavy atom. The van der Waals surface area contributed by atoms with Crippen LogP contribution < -0.4 is 10.6 Å². The Bertz CT molecular complexity index is 243.